The lowest BCUT2D eigenvalue weighted by molar-refractivity contribution is -0.146. The number of aliphatic hydroxyl groups excluding tert-OH is 1. The van der Waals surface area contributed by atoms with E-state index in [1.54, 1.807) is 6.07 Å². The SMILES string of the molecule is CCCc1cc(C(=O)NCCC(O)C(=O)O)cc(Cl)n1. The molecule has 3 N–H and O–H groups in total. The zero-order valence-electron chi connectivity index (χ0n) is 11.1. The Morgan fingerprint density at radius 3 is 2.75 bits per heavy atom. The Morgan fingerprint density at radius 2 is 2.15 bits per heavy atom. The summed E-state index contributed by atoms with van der Waals surface area (Å²) in [6.07, 6.45) is 0.0754. The molecule has 7 heteroatoms. The van der Waals surface area contributed by atoms with Crippen molar-refractivity contribution in [2.45, 2.75) is 32.3 Å². The number of nitrogens with one attached hydrogen (secondary N) is 1. The number of aliphatic hydroxyl groups is 1. The van der Waals surface area contributed by atoms with Gasteiger partial charge in [0.25, 0.3) is 5.91 Å². The van der Waals surface area contributed by atoms with Crippen LogP contribution in [0.2, 0.25) is 5.15 Å². The van der Waals surface area contributed by atoms with Crippen LogP contribution in [0.5, 0.6) is 0 Å². The molecule has 0 aliphatic rings. The molecule has 1 heterocycles. The number of carbonyl (C=O) groups is 2. The van der Waals surface area contributed by atoms with Gasteiger partial charge in [-0.3, -0.25) is 4.79 Å². The number of pyridine rings is 1. The molecule has 6 nitrogen and oxygen atoms in total. The molecule has 0 radical (unpaired) electrons. The Bertz CT molecular complexity index is 493. The van der Waals surface area contributed by atoms with Crippen molar-refractivity contribution in [3.8, 4) is 0 Å². The molecule has 1 rings (SSSR count). The molecule has 1 atom stereocenters. The van der Waals surface area contributed by atoms with Gasteiger partial charge in [-0.05, 0) is 18.6 Å². The summed E-state index contributed by atoms with van der Waals surface area (Å²) < 4.78 is 0. The van der Waals surface area contributed by atoms with Crippen LogP contribution in [0.25, 0.3) is 0 Å². The van der Waals surface area contributed by atoms with Gasteiger partial charge in [-0.1, -0.05) is 24.9 Å². The van der Waals surface area contributed by atoms with Crippen molar-refractivity contribution in [2.24, 2.45) is 0 Å². The Hall–Kier alpha value is -1.66. The molecule has 1 amide bonds. The molecule has 110 valence electrons. The van der Waals surface area contributed by atoms with Gasteiger partial charge < -0.3 is 15.5 Å². The predicted octanol–water partition coefficient (Wildman–Crippen LogP) is 1.25. The van der Waals surface area contributed by atoms with E-state index >= 15 is 0 Å². The first-order chi connectivity index (χ1) is 9.43. The first-order valence-electron chi connectivity index (χ1n) is 6.29. The number of carboxylic acids is 1. The molecule has 0 saturated carbocycles. The summed E-state index contributed by atoms with van der Waals surface area (Å²) in [5.41, 5.74) is 1.11. The van der Waals surface area contributed by atoms with Crippen LogP contribution in [0.1, 0.15) is 35.8 Å². The summed E-state index contributed by atoms with van der Waals surface area (Å²) >= 11 is 5.85. The predicted molar refractivity (Wildman–Crippen MR) is 73.8 cm³/mol. The third-order valence-electron chi connectivity index (χ3n) is 2.60. The summed E-state index contributed by atoms with van der Waals surface area (Å²) in [4.78, 5) is 26.4. The molecular formula is C13H17ClN2O4. The lowest BCUT2D eigenvalue weighted by Crippen LogP contribution is -2.30. The highest BCUT2D eigenvalue weighted by molar-refractivity contribution is 6.29. The van der Waals surface area contributed by atoms with E-state index in [2.05, 4.69) is 10.3 Å². The quantitative estimate of drug-likeness (QED) is 0.658. The number of aromatic nitrogens is 1. The van der Waals surface area contributed by atoms with Crippen molar-refractivity contribution in [3.05, 3.63) is 28.5 Å². The van der Waals surface area contributed by atoms with Gasteiger partial charge in [0.1, 0.15) is 5.15 Å². The molecule has 0 fully saturated rings. The number of halogens is 1. The topological polar surface area (TPSA) is 99.5 Å². The summed E-state index contributed by atoms with van der Waals surface area (Å²) in [5.74, 6) is -1.68. The average molecular weight is 301 g/mol. The van der Waals surface area contributed by atoms with Crippen LogP contribution >= 0.6 is 11.6 Å². The van der Waals surface area contributed by atoms with Crippen LogP contribution in [0.4, 0.5) is 0 Å². The van der Waals surface area contributed by atoms with Crippen molar-refractivity contribution >= 4 is 23.5 Å². The zero-order valence-corrected chi connectivity index (χ0v) is 11.9. The Morgan fingerprint density at radius 1 is 1.45 bits per heavy atom. The molecule has 0 spiro atoms. The molecule has 0 aliphatic heterocycles. The maximum atomic E-state index is 11.9. The fourth-order valence-corrected chi connectivity index (χ4v) is 1.84. The van der Waals surface area contributed by atoms with Crippen LogP contribution in [0.15, 0.2) is 12.1 Å². The van der Waals surface area contributed by atoms with Crippen LogP contribution in [-0.2, 0) is 11.2 Å². The average Bonchev–Trinajstić information content (AvgIpc) is 2.38. The van der Waals surface area contributed by atoms with Gasteiger partial charge in [0.15, 0.2) is 6.10 Å². The van der Waals surface area contributed by atoms with E-state index in [0.717, 1.165) is 18.5 Å². The standard InChI is InChI=1S/C13H17ClN2O4/c1-2-3-9-6-8(7-11(14)16-9)12(18)15-5-4-10(17)13(19)20/h6-7,10,17H,2-5H2,1H3,(H,15,18)(H,19,20). The maximum absolute atomic E-state index is 11.9. The number of amides is 1. The third-order valence-corrected chi connectivity index (χ3v) is 2.80. The van der Waals surface area contributed by atoms with E-state index < -0.39 is 12.1 Å². The van der Waals surface area contributed by atoms with Crippen molar-refractivity contribution < 1.29 is 19.8 Å². The van der Waals surface area contributed by atoms with Crippen molar-refractivity contribution in [2.75, 3.05) is 6.54 Å². The van der Waals surface area contributed by atoms with E-state index in [4.69, 9.17) is 21.8 Å². The molecule has 0 bridgehead atoms. The number of carboxylic acid groups (broad SMARTS) is 1. The highest BCUT2D eigenvalue weighted by Gasteiger charge is 2.14. The second-order valence-electron chi connectivity index (χ2n) is 4.32. The number of aliphatic carboxylic acids is 1. The van der Waals surface area contributed by atoms with Gasteiger partial charge in [0, 0.05) is 24.2 Å². The Kier molecular flexibility index (Phi) is 6.41. The molecular weight excluding hydrogens is 284 g/mol. The molecule has 1 aromatic rings. The summed E-state index contributed by atoms with van der Waals surface area (Å²) in [6, 6.07) is 3.10. The fraction of sp³-hybridized carbons (Fsp3) is 0.462. The van der Waals surface area contributed by atoms with Crippen LogP contribution in [0, 0.1) is 0 Å². The number of aryl methyl sites for hydroxylation is 1. The second-order valence-corrected chi connectivity index (χ2v) is 4.71. The number of carbonyl (C=O) groups excluding carboxylic acids is 1. The maximum Gasteiger partial charge on any atom is 0.332 e. The third kappa shape index (κ3) is 5.14. The molecule has 1 aromatic heterocycles. The van der Waals surface area contributed by atoms with E-state index in [-0.39, 0.29) is 24.0 Å². The first kappa shape index (κ1) is 16.4. The number of rotatable bonds is 7. The van der Waals surface area contributed by atoms with Crippen LogP contribution < -0.4 is 5.32 Å². The molecule has 0 saturated heterocycles. The first-order valence-corrected chi connectivity index (χ1v) is 6.67. The number of nitrogens with zero attached hydrogens (tertiary/aromatic N) is 1. The molecule has 0 aliphatic carbocycles. The lowest BCUT2D eigenvalue weighted by atomic mass is 10.1. The van der Waals surface area contributed by atoms with E-state index in [9.17, 15) is 9.59 Å². The van der Waals surface area contributed by atoms with Gasteiger partial charge in [-0.15, -0.1) is 0 Å². The minimum absolute atomic E-state index is 0.0539. The Balaban J connectivity index is 2.61. The highest BCUT2D eigenvalue weighted by Crippen LogP contribution is 2.12. The minimum atomic E-state index is -1.48. The zero-order chi connectivity index (χ0) is 15.1. The molecule has 0 aromatic carbocycles. The van der Waals surface area contributed by atoms with E-state index in [0.29, 0.717) is 5.56 Å². The second kappa shape index (κ2) is 7.81. The van der Waals surface area contributed by atoms with E-state index in [1.165, 1.54) is 6.07 Å². The smallest absolute Gasteiger partial charge is 0.332 e. The van der Waals surface area contributed by atoms with E-state index in [1.807, 2.05) is 6.92 Å². The fourth-order valence-electron chi connectivity index (χ4n) is 1.61. The van der Waals surface area contributed by atoms with Gasteiger partial charge in [-0.25, -0.2) is 9.78 Å². The van der Waals surface area contributed by atoms with Crippen LogP contribution in [0.3, 0.4) is 0 Å². The van der Waals surface area contributed by atoms with Gasteiger partial charge in [-0.2, -0.15) is 0 Å². The van der Waals surface area contributed by atoms with Crippen LogP contribution in [-0.4, -0.2) is 39.7 Å². The summed E-state index contributed by atoms with van der Waals surface area (Å²) in [5, 5.41) is 20.4. The number of hydrogen-bond donors (Lipinski definition) is 3. The molecule has 20 heavy (non-hydrogen) atoms. The van der Waals surface area contributed by atoms with Crippen molar-refractivity contribution in [1.29, 1.82) is 0 Å². The summed E-state index contributed by atoms with van der Waals surface area (Å²) in [6.45, 7) is 2.06. The molecule has 1 unspecified atom stereocenters. The normalized spacial score (nSPS) is 11.9. The monoisotopic (exact) mass is 300 g/mol. The van der Waals surface area contributed by atoms with Gasteiger partial charge in [0.05, 0.1) is 0 Å². The largest absolute Gasteiger partial charge is 0.479 e. The van der Waals surface area contributed by atoms with Crippen molar-refractivity contribution in [1.82, 2.24) is 10.3 Å². The Labute approximate surface area is 121 Å². The van der Waals surface area contributed by atoms with Crippen molar-refractivity contribution in [3.63, 3.8) is 0 Å². The minimum Gasteiger partial charge on any atom is -0.479 e. The van der Waals surface area contributed by atoms with Gasteiger partial charge >= 0.3 is 5.97 Å². The highest BCUT2D eigenvalue weighted by atomic mass is 35.5. The summed E-state index contributed by atoms with van der Waals surface area (Å²) in [7, 11) is 0. The number of hydrogen-bond acceptors (Lipinski definition) is 4. The lowest BCUT2D eigenvalue weighted by Gasteiger charge is -2.08. The van der Waals surface area contributed by atoms with Gasteiger partial charge in [0.2, 0.25) is 0 Å².